The zero-order valence-electron chi connectivity index (χ0n) is 12.9. The quantitative estimate of drug-likeness (QED) is 0.596. The third kappa shape index (κ3) is 3.22. The summed E-state index contributed by atoms with van der Waals surface area (Å²) in [5, 5.41) is 1.41. The predicted octanol–water partition coefficient (Wildman–Crippen LogP) is 2.12. The summed E-state index contributed by atoms with van der Waals surface area (Å²) in [5.41, 5.74) is 0.999. The van der Waals surface area contributed by atoms with E-state index in [9.17, 15) is 9.59 Å². The van der Waals surface area contributed by atoms with E-state index in [-0.39, 0.29) is 24.6 Å². The van der Waals surface area contributed by atoms with Crippen LogP contribution < -0.4 is 0 Å². The maximum absolute atomic E-state index is 12.5. The standard InChI is InChI=1S/C17H20N2O4/c1-2-10-22-16(20)15-9-8-14-11-18(15)17(21)19(14)23-12-13-6-4-3-5-7-13/h2-7,14-15H,1,8-12H2/t14-,15-/m1/s1. The highest BCUT2D eigenvalue weighted by atomic mass is 16.7. The number of nitrogens with zero attached hydrogens (tertiary/aromatic N) is 2. The van der Waals surface area contributed by atoms with Crippen molar-refractivity contribution in [3.63, 3.8) is 0 Å². The molecule has 2 aliphatic heterocycles. The lowest BCUT2D eigenvalue weighted by atomic mass is 10.0. The number of carbonyl (C=O) groups is 2. The molecule has 0 radical (unpaired) electrons. The lowest BCUT2D eigenvalue weighted by molar-refractivity contribution is -0.148. The Kier molecular flexibility index (Phi) is 4.62. The second-order valence-corrected chi connectivity index (χ2v) is 5.69. The Labute approximate surface area is 135 Å². The van der Waals surface area contributed by atoms with Gasteiger partial charge in [0, 0.05) is 6.54 Å². The number of esters is 1. The van der Waals surface area contributed by atoms with Gasteiger partial charge in [0.2, 0.25) is 0 Å². The van der Waals surface area contributed by atoms with Crippen LogP contribution >= 0.6 is 0 Å². The minimum atomic E-state index is -0.524. The van der Waals surface area contributed by atoms with Crippen molar-refractivity contribution >= 4 is 12.0 Å². The number of piperidine rings is 1. The first-order valence-corrected chi connectivity index (χ1v) is 7.75. The highest BCUT2D eigenvalue weighted by molar-refractivity contribution is 5.85. The van der Waals surface area contributed by atoms with Crippen molar-refractivity contribution in [3.05, 3.63) is 48.6 Å². The Morgan fingerprint density at radius 3 is 2.83 bits per heavy atom. The fourth-order valence-electron chi connectivity index (χ4n) is 3.00. The van der Waals surface area contributed by atoms with Crippen LogP contribution in [0.4, 0.5) is 4.79 Å². The Morgan fingerprint density at radius 2 is 2.09 bits per heavy atom. The van der Waals surface area contributed by atoms with Gasteiger partial charge in [-0.2, -0.15) is 5.06 Å². The maximum Gasteiger partial charge on any atom is 0.345 e. The number of hydrogen-bond donors (Lipinski definition) is 0. The average Bonchev–Trinajstić information content (AvgIpc) is 2.83. The number of hydroxylamine groups is 2. The van der Waals surface area contributed by atoms with Crippen LogP contribution in [0.25, 0.3) is 0 Å². The van der Waals surface area contributed by atoms with E-state index in [1.165, 1.54) is 11.1 Å². The van der Waals surface area contributed by atoms with Crippen LogP contribution in [-0.4, -0.2) is 47.2 Å². The van der Waals surface area contributed by atoms with Crippen molar-refractivity contribution in [1.82, 2.24) is 9.96 Å². The maximum atomic E-state index is 12.5. The Bertz CT molecular complexity index is 590. The summed E-state index contributed by atoms with van der Waals surface area (Å²) in [6.45, 7) is 4.52. The van der Waals surface area contributed by atoms with Gasteiger partial charge in [-0.25, -0.2) is 9.59 Å². The van der Waals surface area contributed by atoms with Gasteiger partial charge >= 0.3 is 12.0 Å². The van der Waals surface area contributed by atoms with Crippen LogP contribution in [0.15, 0.2) is 43.0 Å². The first-order valence-electron chi connectivity index (χ1n) is 7.75. The zero-order chi connectivity index (χ0) is 16.2. The Hall–Kier alpha value is -2.34. The zero-order valence-corrected chi connectivity index (χ0v) is 12.9. The summed E-state index contributed by atoms with van der Waals surface area (Å²) in [5.74, 6) is -0.374. The molecule has 0 aliphatic carbocycles. The van der Waals surface area contributed by atoms with Crippen molar-refractivity contribution in [2.24, 2.45) is 0 Å². The minimum Gasteiger partial charge on any atom is -0.460 e. The molecule has 2 amide bonds. The van der Waals surface area contributed by atoms with Gasteiger partial charge in [0.25, 0.3) is 0 Å². The van der Waals surface area contributed by atoms with E-state index in [1.807, 2.05) is 30.3 Å². The van der Waals surface area contributed by atoms with Crippen molar-refractivity contribution in [2.45, 2.75) is 31.5 Å². The molecular formula is C17H20N2O4. The molecule has 0 saturated carbocycles. The number of amides is 2. The van der Waals surface area contributed by atoms with Crippen LogP contribution in [0.2, 0.25) is 0 Å². The molecule has 2 saturated heterocycles. The predicted molar refractivity (Wildman–Crippen MR) is 83.1 cm³/mol. The van der Waals surface area contributed by atoms with E-state index in [0.29, 0.717) is 19.6 Å². The van der Waals surface area contributed by atoms with Gasteiger partial charge in [0.15, 0.2) is 0 Å². The molecule has 0 N–H and O–H groups in total. The minimum absolute atomic E-state index is 0.00494. The molecule has 6 heteroatoms. The van der Waals surface area contributed by atoms with Crippen molar-refractivity contribution in [1.29, 1.82) is 0 Å². The monoisotopic (exact) mass is 316 g/mol. The normalized spacial score (nSPS) is 23.0. The summed E-state index contributed by atoms with van der Waals surface area (Å²) in [4.78, 5) is 31.8. The molecule has 1 aromatic rings. The molecule has 1 aromatic carbocycles. The van der Waals surface area contributed by atoms with Gasteiger partial charge in [-0.3, -0.25) is 4.84 Å². The SMILES string of the molecule is C=CCOC(=O)[C@H]1CC[C@@H]2CN1C(=O)N2OCc1ccccc1. The fraction of sp³-hybridized carbons (Fsp3) is 0.412. The van der Waals surface area contributed by atoms with E-state index < -0.39 is 6.04 Å². The third-order valence-electron chi connectivity index (χ3n) is 4.15. The van der Waals surface area contributed by atoms with Crippen LogP contribution in [0.1, 0.15) is 18.4 Å². The topological polar surface area (TPSA) is 59.1 Å². The van der Waals surface area contributed by atoms with E-state index in [4.69, 9.17) is 9.57 Å². The molecule has 3 rings (SSSR count). The first-order chi connectivity index (χ1) is 11.2. The van der Waals surface area contributed by atoms with Gasteiger partial charge in [0.1, 0.15) is 19.3 Å². The summed E-state index contributed by atoms with van der Waals surface area (Å²) in [7, 11) is 0. The van der Waals surface area contributed by atoms with E-state index in [0.717, 1.165) is 12.0 Å². The van der Waals surface area contributed by atoms with Gasteiger partial charge in [-0.15, -0.1) is 0 Å². The van der Waals surface area contributed by atoms with Gasteiger partial charge < -0.3 is 9.64 Å². The van der Waals surface area contributed by atoms with Crippen molar-refractivity contribution < 1.29 is 19.2 Å². The molecule has 2 atom stereocenters. The second-order valence-electron chi connectivity index (χ2n) is 5.69. The molecule has 0 aromatic heterocycles. The molecule has 0 unspecified atom stereocenters. The van der Waals surface area contributed by atoms with E-state index >= 15 is 0 Å². The molecule has 0 spiro atoms. The Morgan fingerprint density at radius 1 is 1.30 bits per heavy atom. The van der Waals surface area contributed by atoms with Crippen LogP contribution in [0.5, 0.6) is 0 Å². The van der Waals surface area contributed by atoms with Gasteiger partial charge in [-0.1, -0.05) is 43.0 Å². The molecular weight excluding hydrogens is 296 g/mol. The average molecular weight is 316 g/mol. The highest BCUT2D eigenvalue weighted by Crippen LogP contribution is 2.31. The van der Waals surface area contributed by atoms with Crippen LogP contribution in [0.3, 0.4) is 0 Å². The van der Waals surface area contributed by atoms with Crippen LogP contribution in [0, 0.1) is 0 Å². The second kappa shape index (κ2) is 6.83. The summed E-state index contributed by atoms with van der Waals surface area (Å²) >= 11 is 0. The third-order valence-corrected chi connectivity index (χ3v) is 4.15. The molecule has 2 bridgehead atoms. The number of urea groups is 1. The van der Waals surface area contributed by atoms with Crippen molar-refractivity contribution in [3.8, 4) is 0 Å². The molecule has 23 heavy (non-hydrogen) atoms. The molecule has 2 fully saturated rings. The summed E-state index contributed by atoms with van der Waals surface area (Å²) in [6.07, 6.45) is 2.84. The lowest BCUT2D eigenvalue weighted by Crippen LogP contribution is -2.45. The highest BCUT2D eigenvalue weighted by Gasteiger charge is 2.48. The number of hydrogen-bond acceptors (Lipinski definition) is 4. The number of benzene rings is 1. The summed E-state index contributed by atoms with van der Waals surface area (Å²) in [6, 6.07) is 8.89. The number of ether oxygens (including phenoxy) is 1. The number of rotatable bonds is 6. The summed E-state index contributed by atoms with van der Waals surface area (Å²) < 4.78 is 5.08. The Balaban J connectivity index is 1.62. The number of fused-ring (bicyclic) bond motifs is 2. The fourth-order valence-corrected chi connectivity index (χ4v) is 3.00. The van der Waals surface area contributed by atoms with Crippen LogP contribution in [-0.2, 0) is 21.0 Å². The van der Waals surface area contributed by atoms with Crippen molar-refractivity contribution in [2.75, 3.05) is 13.2 Å². The largest absolute Gasteiger partial charge is 0.460 e. The first kappa shape index (κ1) is 15.6. The molecule has 122 valence electrons. The molecule has 2 aliphatic rings. The lowest BCUT2D eigenvalue weighted by Gasteiger charge is -2.28. The van der Waals surface area contributed by atoms with E-state index in [2.05, 4.69) is 6.58 Å². The molecule has 2 heterocycles. The van der Waals surface area contributed by atoms with Gasteiger partial charge in [0.05, 0.1) is 6.04 Å². The van der Waals surface area contributed by atoms with Gasteiger partial charge in [-0.05, 0) is 18.4 Å². The number of carbonyl (C=O) groups excluding carboxylic acids is 2. The van der Waals surface area contributed by atoms with E-state index in [1.54, 1.807) is 4.90 Å². The molecule has 6 nitrogen and oxygen atoms in total. The smallest absolute Gasteiger partial charge is 0.345 e.